The van der Waals surface area contributed by atoms with Gasteiger partial charge >= 0.3 is 0 Å². The van der Waals surface area contributed by atoms with E-state index in [-0.39, 0.29) is 24.3 Å². The molecule has 36 heavy (non-hydrogen) atoms. The Kier molecular flexibility index (Phi) is 7.35. The van der Waals surface area contributed by atoms with Crippen molar-refractivity contribution in [1.82, 2.24) is 24.9 Å². The van der Waals surface area contributed by atoms with E-state index in [1.165, 1.54) is 19.3 Å². The van der Waals surface area contributed by atoms with E-state index in [1.807, 2.05) is 28.8 Å². The molecule has 0 radical (unpaired) electrons. The number of piperidine rings is 1. The predicted octanol–water partition coefficient (Wildman–Crippen LogP) is 2.91. The van der Waals surface area contributed by atoms with Crippen LogP contribution >= 0.6 is 0 Å². The molecule has 6 rings (SSSR count). The first-order valence-electron chi connectivity index (χ1n) is 13.6. The van der Waals surface area contributed by atoms with Crippen LogP contribution in [0.4, 0.5) is 0 Å². The summed E-state index contributed by atoms with van der Waals surface area (Å²) in [6.07, 6.45) is 7.74. The number of amides is 2. The highest BCUT2D eigenvalue weighted by Gasteiger charge is 2.53. The Hall–Kier alpha value is -2.45. The lowest BCUT2D eigenvalue weighted by atomic mass is 9.45. The summed E-state index contributed by atoms with van der Waals surface area (Å²) in [5.74, 6) is 2.04. The average molecular weight is 496 g/mol. The van der Waals surface area contributed by atoms with E-state index in [0.717, 1.165) is 51.5 Å². The van der Waals surface area contributed by atoms with Gasteiger partial charge in [0.05, 0.1) is 18.7 Å². The van der Waals surface area contributed by atoms with Crippen molar-refractivity contribution in [1.29, 1.82) is 0 Å². The summed E-state index contributed by atoms with van der Waals surface area (Å²) in [6.45, 7) is 9.12. The number of methoxy groups -OCH3 is 1. The third-order valence-corrected chi connectivity index (χ3v) is 9.21. The number of nitrogens with one attached hydrogen (secondary N) is 2. The molecule has 1 saturated heterocycles. The lowest BCUT2D eigenvalue weighted by Crippen LogP contribution is -2.54. The number of pyridine rings is 1. The molecule has 8 nitrogen and oxygen atoms in total. The van der Waals surface area contributed by atoms with Crippen molar-refractivity contribution in [3.63, 3.8) is 0 Å². The van der Waals surface area contributed by atoms with Gasteiger partial charge in [-0.1, -0.05) is 19.9 Å². The van der Waals surface area contributed by atoms with Crippen LogP contribution < -0.4 is 10.6 Å². The zero-order valence-electron chi connectivity index (χ0n) is 22.0. The van der Waals surface area contributed by atoms with E-state index in [4.69, 9.17) is 4.74 Å². The van der Waals surface area contributed by atoms with Crippen LogP contribution in [-0.2, 0) is 16.0 Å². The minimum absolute atomic E-state index is 0.0153. The van der Waals surface area contributed by atoms with Gasteiger partial charge in [-0.15, -0.1) is 0 Å². The zero-order chi connectivity index (χ0) is 25.3. The van der Waals surface area contributed by atoms with E-state index in [2.05, 4.69) is 34.4 Å². The van der Waals surface area contributed by atoms with E-state index in [1.54, 1.807) is 7.11 Å². The van der Waals surface area contributed by atoms with Gasteiger partial charge in [0, 0.05) is 45.5 Å². The van der Waals surface area contributed by atoms with Gasteiger partial charge in [0.25, 0.3) is 5.91 Å². The Morgan fingerprint density at radius 2 is 1.97 bits per heavy atom. The fraction of sp³-hybridized carbons (Fsp3) is 0.679. The molecule has 2 aromatic rings. The normalized spacial score (nSPS) is 25.9. The van der Waals surface area contributed by atoms with Crippen LogP contribution in [0.15, 0.2) is 24.4 Å². The minimum Gasteiger partial charge on any atom is -0.383 e. The van der Waals surface area contributed by atoms with Crippen molar-refractivity contribution in [2.24, 2.45) is 23.2 Å². The molecule has 0 unspecified atom stereocenters. The van der Waals surface area contributed by atoms with Crippen molar-refractivity contribution in [2.45, 2.75) is 58.4 Å². The maximum atomic E-state index is 13.1. The summed E-state index contributed by atoms with van der Waals surface area (Å²) in [5.41, 5.74) is 2.35. The Bertz CT molecular complexity index is 1090. The van der Waals surface area contributed by atoms with Crippen molar-refractivity contribution in [2.75, 3.05) is 39.9 Å². The van der Waals surface area contributed by atoms with Gasteiger partial charge in [-0.2, -0.15) is 0 Å². The number of hydrogen-bond donors (Lipinski definition) is 2. The van der Waals surface area contributed by atoms with Crippen molar-refractivity contribution in [3.8, 4) is 0 Å². The number of fused-ring (bicyclic) bond motifs is 3. The fourth-order valence-electron chi connectivity index (χ4n) is 6.82. The van der Waals surface area contributed by atoms with Gasteiger partial charge in [0.1, 0.15) is 11.3 Å². The Balaban J connectivity index is 1.15. The molecule has 2 bridgehead atoms. The third-order valence-electron chi connectivity index (χ3n) is 9.21. The molecule has 4 aliphatic rings. The van der Waals surface area contributed by atoms with Gasteiger partial charge in [-0.05, 0) is 67.4 Å². The van der Waals surface area contributed by atoms with Crippen LogP contribution in [0.1, 0.15) is 62.1 Å². The topological polar surface area (TPSA) is 88.0 Å². The molecule has 196 valence electrons. The average Bonchev–Trinajstić information content (AvgIpc) is 3.29. The second kappa shape index (κ2) is 10.5. The minimum atomic E-state index is -0.0755. The van der Waals surface area contributed by atoms with Crippen molar-refractivity contribution < 1.29 is 14.3 Å². The number of nitrogens with zero attached hydrogens (tertiary/aromatic N) is 3. The number of imidazole rings is 1. The van der Waals surface area contributed by atoms with E-state index in [9.17, 15) is 9.59 Å². The van der Waals surface area contributed by atoms with Gasteiger partial charge in [-0.25, -0.2) is 4.98 Å². The quantitative estimate of drug-likeness (QED) is 0.559. The number of rotatable bonds is 9. The molecule has 3 saturated carbocycles. The fourth-order valence-corrected chi connectivity index (χ4v) is 6.82. The standard InChI is InChI=1S/C28H41N5O3/c1-28(2)20-8-7-19(23(28)15-20)17-29-27(35)24-5-4-6-25-30-22(18-33(24)25)16-26(34)31-21-9-11-32(12-10-21)13-14-36-3/h4-6,18-21,23H,7-17H2,1-3H3,(H,29,35)(H,31,34)/t19-,20+,23+/m0/s1. The molecule has 8 heteroatoms. The first-order valence-corrected chi connectivity index (χ1v) is 13.6. The molecule has 1 aliphatic heterocycles. The summed E-state index contributed by atoms with van der Waals surface area (Å²) in [4.78, 5) is 32.8. The molecule has 2 N–H and O–H groups in total. The van der Waals surface area contributed by atoms with E-state index in [0.29, 0.717) is 34.3 Å². The van der Waals surface area contributed by atoms with Gasteiger partial charge in [0.15, 0.2) is 0 Å². The Morgan fingerprint density at radius 3 is 2.69 bits per heavy atom. The Labute approximate surface area is 214 Å². The molecule has 3 aliphatic carbocycles. The van der Waals surface area contributed by atoms with Gasteiger partial charge < -0.3 is 20.3 Å². The highest BCUT2D eigenvalue weighted by atomic mass is 16.5. The van der Waals surface area contributed by atoms with Crippen molar-refractivity contribution in [3.05, 3.63) is 35.8 Å². The maximum Gasteiger partial charge on any atom is 0.268 e. The highest BCUT2D eigenvalue weighted by Crippen LogP contribution is 2.61. The summed E-state index contributed by atoms with van der Waals surface area (Å²) < 4.78 is 6.98. The second-order valence-electron chi connectivity index (χ2n) is 11.6. The van der Waals surface area contributed by atoms with Gasteiger partial charge in [-0.3, -0.25) is 14.0 Å². The molecule has 0 aromatic carbocycles. The molecule has 0 spiro atoms. The van der Waals surface area contributed by atoms with Crippen LogP contribution in [0.3, 0.4) is 0 Å². The third kappa shape index (κ3) is 5.16. The van der Waals surface area contributed by atoms with Crippen LogP contribution in [0.2, 0.25) is 0 Å². The lowest BCUT2D eigenvalue weighted by Gasteiger charge is -2.60. The SMILES string of the molecule is COCCN1CCC(NC(=O)Cc2cn3c(C(=O)NC[C@@H]4CC[C@@H]5C[C@H]4C5(C)C)cccc3n2)CC1. The monoisotopic (exact) mass is 495 g/mol. The number of ether oxygens (including phenoxy) is 1. The molecule has 2 amide bonds. The largest absolute Gasteiger partial charge is 0.383 e. The predicted molar refractivity (Wildman–Crippen MR) is 139 cm³/mol. The molecule has 3 heterocycles. The first kappa shape index (κ1) is 25.2. The van der Waals surface area contributed by atoms with Crippen molar-refractivity contribution >= 4 is 17.5 Å². The second-order valence-corrected chi connectivity index (χ2v) is 11.6. The molecule has 4 fully saturated rings. The molecular formula is C28H41N5O3. The van der Waals surface area contributed by atoms with Crippen LogP contribution in [-0.4, -0.2) is 72.0 Å². The zero-order valence-corrected chi connectivity index (χ0v) is 22.0. The molecule has 2 aromatic heterocycles. The number of likely N-dealkylation sites (tertiary alicyclic amines) is 1. The van der Waals surface area contributed by atoms with Crippen LogP contribution in [0, 0.1) is 23.2 Å². The van der Waals surface area contributed by atoms with E-state index < -0.39 is 0 Å². The van der Waals surface area contributed by atoms with Crippen LogP contribution in [0.5, 0.6) is 0 Å². The smallest absolute Gasteiger partial charge is 0.268 e. The molecular weight excluding hydrogens is 454 g/mol. The number of aromatic nitrogens is 2. The number of carbonyl (C=O) groups is 2. The summed E-state index contributed by atoms with van der Waals surface area (Å²) in [7, 11) is 1.72. The lowest BCUT2D eigenvalue weighted by molar-refractivity contribution is -0.121. The number of carbonyl (C=O) groups excluding carboxylic acids is 2. The molecule has 3 atom stereocenters. The number of hydrogen-bond acceptors (Lipinski definition) is 5. The highest BCUT2D eigenvalue weighted by molar-refractivity contribution is 5.93. The maximum absolute atomic E-state index is 13.1. The van der Waals surface area contributed by atoms with E-state index >= 15 is 0 Å². The first-order chi connectivity index (χ1) is 17.3. The van der Waals surface area contributed by atoms with Gasteiger partial charge in [0.2, 0.25) is 5.91 Å². The Morgan fingerprint density at radius 1 is 1.17 bits per heavy atom. The summed E-state index contributed by atoms with van der Waals surface area (Å²) >= 11 is 0. The summed E-state index contributed by atoms with van der Waals surface area (Å²) in [5, 5.41) is 6.37. The van der Waals surface area contributed by atoms with Crippen LogP contribution in [0.25, 0.3) is 5.65 Å². The summed E-state index contributed by atoms with van der Waals surface area (Å²) in [6, 6.07) is 5.77.